The SMILES string of the molecule is CC(=O)Nc1cccc(N(O)C(=O)CN2CC[N+](C)(CC(=O)N(O)c3cccc(NC(C)=O)c3)CC2)c1.[Cl-]. The topological polar surface area (TPSA) is 143 Å². The van der Waals surface area contributed by atoms with Gasteiger partial charge in [0.15, 0.2) is 6.54 Å². The third-order valence-corrected chi connectivity index (χ3v) is 6.08. The number of halogens is 1. The van der Waals surface area contributed by atoms with Gasteiger partial charge in [0.1, 0.15) is 0 Å². The fraction of sp³-hybridized carbons (Fsp3) is 0.360. The van der Waals surface area contributed by atoms with Crippen molar-refractivity contribution >= 4 is 46.4 Å². The van der Waals surface area contributed by atoms with E-state index in [2.05, 4.69) is 10.6 Å². The molecule has 0 aromatic heterocycles. The Morgan fingerprint density at radius 2 is 1.29 bits per heavy atom. The summed E-state index contributed by atoms with van der Waals surface area (Å²) in [7, 11) is 1.91. The number of benzene rings is 2. The normalized spacial score (nSPS) is 14.6. The van der Waals surface area contributed by atoms with Crippen molar-refractivity contribution in [2.24, 2.45) is 0 Å². The maximum Gasteiger partial charge on any atom is 0.305 e. The van der Waals surface area contributed by atoms with Crippen LogP contribution in [0.1, 0.15) is 13.8 Å². The van der Waals surface area contributed by atoms with Crippen molar-refractivity contribution in [1.29, 1.82) is 0 Å². The van der Waals surface area contributed by atoms with Crippen LogP contribution in [-0.4, -0.2) is 89.7 Å². The van der Waals surface area contributed by atoms with Crippen LogP contribution in [0, 0.1) is 0 Å². The molecule has 38 heavy (non-hydrogen) atoms. The van der Waals surface area contributed by atoms with Gasteiger partial charge < -0.3 is 27.5 Å². The smallest absolute Gasteiger partial charge is 0.305 e. The van der Waals surface area contributed by atoms with Gasteiger partial charge in [-0.1, -0.05) is 12.1 Å². The molecule has 0 saturated carbocycles. The summed E-state index contributed by atoms with van der Waals surface area (Å²) in [5.74, 6) is -1.53. The predicted molar refractivity (Wildman–Crippen MR) is 137 cm³/mol. The summed E-state index contributed by atoms with van der Waals surface area (Å²) in [4.78, 5) is 49.9. The largest absolute Gasteiger partial charge is 1.00 e. The van der Waals surface area contributed by atoms with Crippen LogP contribution in [0.3, 0.4) is 0 Å². The highest BCUT2D eigenvalue weighted by Gasteiger charge is 2.34. The maximum absolute atomic E-state index is 12.8. The summed E-state index contributed by atoms with van der Waals surface area (Å²) < 4.78 is 0.369. The molecule has 13 heteroatoms. The molecule has 1 aliphatic heterocycles. The van der Waals surface area contributed by atoms with Gasteiger partial charge in [-0.2, -0.15) is 10.1 Å². The first-order valence-corrected chi connectivity index (χ1v) is 11.8. The molecule has 1 heterocycles. The lowest BCUT2D eigenvalue weighted by atomic mass is 10.2. The van der Waals surface area contributed by atoms with Gasteiger partial charge in [-0.15, -0.1) is 0 Å². The van der Waals surface area contributed by atoms with Crippen molar-refractivity contribution in [1.82, 2.24) is 4.90 Å². The number of likely N-dealkylation sites (N-methyl/N-ethyl adjacent to an activating group) is 1. The van der Waals surface area contributed by atoms with E-state index in [9.17, 15) is 29.6 Å². The van der Waals surface area contributed by atoms with Crippen molar-refractivity contribution in [2.75, 3.05) is 67.1 Å². The summed E-state index contributed by atoms with van der Waals surface area (Å²) >= 11 is 0. The number of piperazine rings is 1. The maximum atomic E-state index is 12.8. The number of nitrogens with one attached hydrogen (secondary N) is 2. The van der Waals surface area contributed by atoms with E-state index in [0.717, 1.165) is 0 Å². The minimum Gasteiger partial charge on any atom is -1.00 e. The van der Waals surface area contributed by atoms with Gasteiger partial charge >= 0.3 is 5.91 Å². The van der Waals surface area contributed by atoms with Gasteiger partial charge in [-0.3, -0.25) is 34.5 Å². The standard InChI is InChI=1S/C25H32N6O6.ClH/c1-18(32)26-20-6-4-8-22(14-20)29(36)24(34)16-28-10-12-31(3,13-11-28)17-25(35)30(37)23-9-5-7-21(15-23)27-19(2)33;/h4-9,14-15,36-37H,10-13,16-17H2,1-3H3,(H-,26,27,32,33);1H. The molecule has 3 rings (SSSR count). The Bertz CT molecular complexity index is 1170. The summed E-state index contributed by atoms with van der Waals surface area (Å²) in [6.07, 6.45) is 0. The number of carbonyl (C=O) groups excluding carboxylic acids is 4. The molecule has 2 aromatic carbocycles. The van der Waals surface area contributed by atoms with Crippen molar-refractivity contribution < 1.29 is 46.5 Å². The molecule has 0 unspecified atom stereocenters. The highest BCUT2D eigenvalue weighted by Crippen LogP contribution is 2.21. The molecule has 0 atom stereocenters. The van der Waals surface area contributed by atoms with E-state index in [0.29, 0.717) is 52.2 Å². The third-order valence-electron chi connectivity index (χ3n) is 6.08. The molecule has 0 aliphatic carbocycles. The van der Waals surface area contributed by atoms with E-state index in [1.165, 1.54) is 26.0 Å². The Morgan fingerprint density at radius 3 is 1.74 bits per heavy atom. The second-order valence-corrected chi connectivity index (χ2v) is 9.38. The van der Waals surface area contributed by atoms with Crippen LogP contribution in [0.15, 0.2) is 48.5 Å². The molecular formula is C25H33ClN6O6. The van der Waals surface area contributed by atoms with Crippen molar-refractivity contribution in [3.63, 3.8) is 0 Å². The molecule has 1 aliphatic rings. The Morgan fingerprint density at radius 1 is 0.842 bits per heavy atom. The highest BCUT2D eigenvalue weighted by molar-refractivity contribution is 5.95. The molecule has 1 saturated heterocycles. The molecule has 1 fully saturated rings. The first-order chi connectivity index (χ1) is 17.5. The average Bonchev–Trinajstić information content (AvgIpc) is 2.84. The van der Waals surface area contributed by atoms with Crippen LogP contribution in [0.5, 0.6) is 0 Å². The predicted octanol–water partition coefficient (Wildman–Crippen LogP) is -1.49. The molecule has 0 bridgehead atoms. The number of carbonyl (C=O) groups is 4. The monoisotopic (exact) mass is 548 g/mol. The quantitative estimate of drug-likeness (QED) is 0.179. The molecule has 4 amide bonds. The number of quaternary nitrogens is 1. The van der Waals surface area contributed by atoms with Gasteiger partial charge in [0, 0.05) is 38.3 Å². The van der Waals surface area contributed by atoms with E-state index in [-0.39, 0.29) is 48.7 Å². The van der Waals surface area contributed by atoms with Crippen LogP contribution in [0.2, 0.25) is 0 Å². The first kappa shape index (κ1) is 30.7. The van der Waals surface area contributed by atoms with E-state index in [4.69, 9.17) is 0 Å². The summed E-state index contributed by atoms with van der Waals surface area (Å²) in [5.41, 5.74) is 1.42. The number of hydrogen-bond donors (Lipinski definition) is 4. The van der Waals surface area contributed by atoms with Crippen LogP contribution < -0.4 is 33.2 Å². The summed E-state index contributed by atoms with van der Waals surface area (Å²) in [5, 5.41) is 27.2. The molecule has 4 N–H and O–H groups in total. The lowest BCUT2D eigenvalue weighted by molar-refractivity contribution is -0.906. The zero-order valence-corrected chi connectivity index (χ0v) is 22.3. The summed E-state index contributed by atoms with van der Waals surface area (Å²) in [6.45, 7) is 4.91. The van der Waals surface area contributed by atoms with Crippen LogP contribution in [0.25, 0.3) is 0 Å². The Kier molecular flexibility index (Phi) is 10.7. The van der Waals surface area contributed by atoms with Crippen molar-refractivity contribution in [3.05, 3.63) is 48.5 Å². The first-order valence-electron chi connectivity index (χ1n) is 11.8. The van der Waals surface area contributed by atoms with Crippen LogP contribution >= 0.6 is 0 Å². The number of anilines is 4. The number of hydroxylamine groups is 2. The minimum atomic E-state index is -0.521. The van der Waals surface area contributed by atoms with E-state index in [1.54, 1.807) is 36.4 Å². The fourth-order valence-corrected chi connectivity index (χ4v) is 4.08. The zero-order chi connectivity index (χ0) is 27.2. The number of nitrogens with zero attached hydrogens (tertiary/aromatic N) is 4. The highest BCUT2D eigenvalue weighted by atomic mass is 35.5. The number of hydrogen-bond acceptors (Lipinski definition) is 7. The van der Waals surface area contributed by atoms with Crippen LogP contribution in [-0.2, 0) is 19.2 Å². The van der Waals surface area contributed by atoms with Crippen molar-refractivity contribution in [2.45, 2.75) is 13.8 Å². The van der Waals surface area contributed by atoms with Gasteiger partial charge in [0.25, 0.3) is 5.91 Å². The van der Waals surface area contributed by atoms with Gasteiger partial charge in [0.2, 0.25) is 11.8 Å². The summed E-state index contributed by atoms with van der Waals surface area (Å²) in [6, 6.07) is 12.7. The zero-order valence-electron chi connectivity index (χ0n) is 21.6. The lowest BCUT2D eigenvalue weighted by Crippen LogP contribution is -3.00. The third kappa shape index (κ3) is 8.50. The van der Waals surface area contributed by atoms with Gasteiger partial charge in [0.05, 0.1) is 38.1 Å². The Labute approximate surface area is 227 Å². The molecule has 2 aromatic rings. The molecule has 0 spiro atoms. The fourth-order valence-electron chi connectivity index (χ4n) is 4.08. The Hall–Kier alpha value is -3.55. The van der Waals surface area contributed by atoms with E-state index < -0.39 is 11.8 Å². The second kappa shape index (κ2) is 13.3. The minimum absolute atomic E-state index is 0. The van der Waals surface area contributed by atoms with Crippen LogP contribution in [0.4, 0.5) is 22.7 Å². The average molecular weight is 549 g/mol. The molecule has 206 valence electrons. The lowest BCUT2D eigenvalue weighted by Gasteiger charge is -2.41. The molecule has 0 radical (unpaired) electrons. The molecular weight excluding hydrogens is 516 g/mol. The second-order valence-electron chi connectivity index (χ2n) is 9.38. The van der Waals surface area contributed by atoms with E-state index in [1.807, 2.05) is 11.9 Å². The molecule has 12 nitrogen and oxygen atoms in total. The van der Waals surface area contributed by atoms with Gasteiger partial charge in [-0.05, 0) is 36.4 Å². The van der Waals surface area contributed by atoms with Crippen molar-refractivity contribution in [3.8, 4) is 0 Å². The van der Waals surface area contributed by atoms with E-state index >= 15 is 0 Å². The van der Waals surface area contributed by atoms with Gasteiger partial charge in [-0.25, -0.2) is 0 Å². The number of amides is 4. The number of rotatable bonds is 8. The Balaban J connectivity index is 0.00000507.